The Labute approximate surface area is 234 Å². The van der Waals surface area contributed by atoms with Gasteiger partial charge in [-0.2, -0.15) is 0 Å². The van der Waals surface area contributed by atoms with Gasteiger partial charge in [0.05, 0.1) is 31.0 Å². The van der Waals surface area contributed by atoms with Crippen LogP contribution in [0.15, 0.2) is 107 Å². The molecule has 41 heavy (non-hydrogen) atoms. The van der Waals surface area contributed by atoms with Gasteiger partial charge >= 0.3 is 7.69 Å². The Hall–Kier alpha value is -5.16. The lowest BCUT2D eigenvalue weighted by Crippen LogP contribution is -2.14. The molecule has 0 amide bonds. The number of benzene rings is 4. The minimum Gasteiger partial charge on any atom is -0.528 e. The van der Waals surface area contributed by atoms with E-state index in [1.807, 2.05) is 0 Å². The third-order valence-electron chi connectivity index (χ3n) is 5.34. The maximum atomic E-state index is 12.6. The van der Waals surface area contributed by atoms with E-state index in [0.29, 0.717) is 0 Å². The van der Waals surface area contributed by atoms with Crippen molar-refractivity contribution in [3.8, 4) is 11.5 Å². The topological polar surface area (TPSA) is 197 Å². The molecule has 0 radical (unpaired) electrons. The van der Waals surface area contributed by atoms with Gasteiger partial charge in [0.15, 0.2) is 0 Å². The summed E-state index contributed by atoms with van der Waals surface area (Å²) in [4.78, 5) is 20.0. The van der Waals surface area contributed by atoms with E-state index in [0.717, 1.165) is 48.5 Å². The molecular weight excluding hydrogens is 579 g/mol. The van der Waals surface area contributed by atoms with Crippen molar-refractivity contribution in [2.45, 2.75) is 9.79 Å². The number of non-ortho nitro benzene ring substituents is 2. The van der Waals surface area contributed by atoms with Gasteiger partial charge in [0.2, 0.25) is 0 Å². The summed E-state index contributed by atoms with van der Waals surface area (Å²) >= 11 is 0. The van der Waals surface area contributed by atoms with Gasteiger partial charge in [0.1, 0.15) is 11.5 Å². The summed E-state index contributed by atoms with van der Waals surface area (Å²) in [5.41, 5.74) is -0.148. The summed E-state index contributed by atoms with van der Waals surface area (Å²) in [6.07, 6.45) is 0. The number of hydrogen-bond acceptors (Lipinski definition) is 10. The molecule has 210 valence electrons. The van der Waals surface area contributed by atoms with E-state index in [1.54, 1.807) is 12.1 Å². The van der Waals surface area contributed by atoms with E-state index in [2.05, 4.69) is 9.44 Å². The quantitative estimate of drug-likeness (QED) is 0.137. The van der Waals surface area contributed by atoms with Crippen LogP contribution in [0.25, 0.3) is 0 Å². The highest BCUT2D eigenvalue weighted by atomic mass is 32.2. The standard InChI is InChI=1S/C24H19BN4O10S2/c30-28(31)19-7-11-23(12-8-19)40(34,35)26-17-3-1-5-21(15-17)38-25-39-22-6-2-4-18(16-22)27-41(36,37)24-13-9-20(10-14-24)29(32)33/h1-16,25-27H. The zero-order chi connectivity index (χ0) is 29.6. The second kappa shape index (κ2) is 11.9. The molecule has 0 aliphatic carbocycles. The molecule has 2 N–H and O–H groups in total. The molecule has 4 aromatic rings. The molecule has 0 aromatic heterocycles. The van der Waals surface area contributed by atoms with Crippen LogP contribution in [-0.2, 0) is 20.0 Å². The fraction of sp³-hybridized carbons (Fsp3) is 0. The highest BCUT2D eigenvalue weighted by Gasteiger charge is 2.18. The molecule has 0 aliphatic heterocycles. The number of anilines is 2. The van der Waals surface area contributed by atoms with Crippen LogP contribution in [0.4, 0.5) is 22.7 Å². The number of nitro benzene ring substituents is 2. The van der Waals surface area contributed by atoms with Gasteiger partial charge in [-0.3, -0.25) is 29.7 Å². The predicted octanol–water partition coefficient (Wildman–Crippen LogP) is 3.83. The second-order valence-electron chi connectivity index (χ2n) is 8.18. The van der Waals surface area contributed by atoms with Crippen LogP contribution in [0.3, 0.4) is 0 Å². The van der Waals surface area contributed by atoms with Gasteiger partial charge in [0, 0.05) is 36.4 Å². The average molecular weight is 598 g/mol. The van der Waals surface area contributed by atoms with Crippen LogP contribution >= 0.6 is 0 Å². The summed E-state index contributed by atoms with van der Waals surface area (Å²) in [6.45, 7) is 0. The SMILES string of the molecule is O=[N+]([O-])c1ccc(S(=O)(=O)Nc2cccc(OBOc3cccc(NS(=O)(=O)c4ccc([N+](=O)[O-])cc4)c3)c2)cc1. The van der Waals surface area contributed by atoms with Crippen molar-refractivity contribution in [2.24, 2.45) is 0 Å². The zero-order valence-electron chi connectivity index (χ0n) is 20.7. The Balaban J connectivity index is 1.36. The van der Waals surface area contributed by atoms with E-state index in [9.17, 15) is 37.1 Å². The monoisotopic (exact) mass is 598 g/mol. The van der Waals surface area contributed by atoms with Gasteiger partial charge in [-0.15, -0.1) is 0 Å². The fourth-order valence-corrected chi connectivity index (χ4v) is 5.49. The molecule has 4 rings (SSSR count). The molecule has 0 saturated carbocycles. The van der Waals surface area contributed by atoms with Crippen molar-refractivity contribution < 1.29 is 36.0 Å². The van der Waals surface area contributed by atoms with Crippen LogP contribution in [0.5, 0.6) is 11.5 Å². The van der Waals surface area contributed by atoms with Gasteiger partial charge in [-0.1, -0.05) is 12.1 Å². The molecule has 0 unspecified atom stereocenters. The van der Waals surface area contributed by atoms with Crippen LogP contribution in [0.2, 0.25) is 0 Å². The predicted molar refractivity (Wildman–Crippen MR) is 149 cm³/mol. The average Bonchev–Trinajstić information content (AvgIpc) is 2.93. The zero-order valence-corrected chi connectivity index (χ0v) is 22.4. The molecule has 0 spiro atoms. The smallest absolute Gasteiger partial charge is 0.528 e. The lowest BCUT2D eigenvalue weighted by atomic mass is 10.2. The summed E-state index contributed by atoms with van der Waals surface area (Å²) in [5.74, 6) is 0.507. The summed E-state index contributed by atoms with van der Waals surface area (Å²) < 4.78 is 66.3. The Morgan fingerprint density at radius 2 is 0.951 bits per heavy atom. The third-order valence-corrected chi connectivity index (χ3v) is 8.13. The fourth-order valence-electron chi connectivity index (χ4n) is 3.39. The first-order chi connectivity index (χ1) is 19.4. The van der Waals surface area contributed by atoms with E-state index in [1.165, 1.54) is 36.4 Å². The highest BCUT2D eigenvalue weighted by Crippen LogP contribution is 2.24. The van der Waals surface area contributed by atoms with E-state index in [-0.39, 0.29) is 51.7 Å². The molecule has 17 heteroatoms. The Morgan fingerprint density at radius 1 is 0.585 bits per heavy atom. The Kier molecular flexibility index (Phi) is 8.39. The molecule has 0 heterocycles. The van der Waals surface area contributed by atoms with Crippen LogP contribution < -0.4 is 18.8 Å². The molecule has 0 aliphatic rings. The number of hydrogen-bond donors (Lipinski definition) is 2. The molecule has 0 fully saturated rings. The lowest BCUT2D eigenvalue weighted by molar-refractivity contribution is -0.385. The third kappa shape index (κ3) is 7.49. The number of nitrogens with one attached hydrogen (secondary N) is 2. The summed E-state index contributed by atoms with van der Waals surface area (Å²) in [5, 5.41) is 21.6. The first kappa shape index (κ1) is 28.8. The molecule has 0 saturated heterocycles. The van der Waals surface area contributed by atoms with E-state index in [4.69, 9.17) is 9.31 Å². The lowest BCUT2D eigenvalue weighted by Gasteiger charge is -2.12. The first-order valence-corrected chi connectivity index (χ1v) is 14.4. The van der Waals surface area contributed by atoms with Gasteiger partial charge in [0.25, 0.3) is 31.4 Å². The van der Waals surface area contributed by atoms with Crippen molar-refractivity contribution in [2.75, 3.05) is 9.44 Å². The number of rotatable bonds is 12. The van der Waals surface area contributed by atoms with Gasteiger partial charge in [-0.25, -0.2) is 16.8 Å². The van der Waals surface area contributed by atoms with Crippen molar-refractivity contribution in [3.05, 3.63) is 117 Å². The molecule has 4 aromatic carbocycles. The molecule has 0 atom stereocenters. The number of nitro groups is 2. The molecular formula is C24H19BN4O10S2. The van der Waals surface area contributed by atoms with Gasteiger partial charge in [-0.05, 0) is 48.5 Å². The maximum absolute atomic E-state index is 12.6. The van der Waals surface area contributed by atoms with Crippen LogP contribution in [0.1, 0.15) is 0 Å². The van der Waals surface area contributed by atoms with Crippen molar-refractivity contribution in [1.82, 2.24) is 0 Å². The molecule has 14 nitrogen and oxygen atoms in total. The first-order valence-electron chi connectivity index (χ1n) is 11.4. The van der Waals surface area contributed by atoms with Crippen LogP contribution in [0, 0.1) is 20.2 Å². The maximum Gasteiger partial charge on any atom is 0.576 e. The largest absolute Gasteiger partial charge is 0.576 e. The molecule has 0 bridgehead atoms. The minimum atomic E-state index is -4.03. The minimum absolute atomic E-state index is 0.165. The summed E-state index contributed by atoms with van der Waals surface area (Å²) in [6, 6.07) is 20.8. The Morgan fingerprint density at radius 3 is 1.29 bits per heavy atom. The Bertz CT molecular complexity index is 1670. The number of sulfonamides is 2. The van der Waals surface area contributed by atoms with Crippen molar-refractivity contribution in [3.63, 3.8) is 0 Å². The summed E-state index contributed by atoms with van der Waals surface area (Å²) in [7, 11) is -8.36. The van der Waals surface area contributed by atoms with E-state index >= 15 is 0 Å². The van der Waals surface area contributed by atoms with Gasteiger partial charge < -0.3 is 9.31 Å². The van der Waals surface area contributed by atoms with Crippen LogP contribution in [-0.4, -0.2) is 34.4 Å². The normalized spacial score (nSPS) is 11.2. The number of nitrogens with zero attached hydrogens (tertiary/aromatic N) is 2. The second-order valence-corrected chi connectivity index (χ2v) is 11.5. The van der Waals surface area contributed by atoms with Crippen molar-refractivity contribution in [1.29, 1.82) is 0 Å². The van der Waals surface area contributed by atoms with Crippen molar-refractivity contribution >= 4 is 50.5 Å². The highest BCUT2D eigenvalue weighted by molar-refractivity contribution is 7.93. The van der Waals surface area contributed by atoms with E-state index < -0.39 is 29.9 Å².